The first-order valence-electron chi connectivity index (χ1n) is 8.46. The van der Waals surface area contributed by atoms with Crippen molar-refractivity contribution in [3.05, 3.63) is 46.6 Å². The second-order valence-corrected chi connectivity index (χ2v) is 7.48. The molecule has 0 bridgehead atoms. The van der Waals surface area contributed by atoms with Gasteiger partial charge < -0.3 is 4.55 Å². The number of hydrogen-bond donors (Lipinski definition) is 1. The summed E-state index contributed by atoms with van der Waals surface area (Å²) in [6.07, 6.45) is 12.9. The van der Waals surface area contributed by atoms with E-state index >= 15 is 0 Å². The van der Waals surface area contributed by atoms with Gasteiger partial charge in [0.15, 0.2) is 11.1 Å². The lowest BCUT2D eigenvalue weighted by Crippen LogP contribution is -2.11. The van der Waals surface area contributed by atoms with Crippen LogP contribution >= 0.6 is 0 Å². The van der Waals surface area contributed by atoms with Gasteiger partial charge in [0, 0.05) is 0 Å². The van der Waals surface area contributed by atoms with Crippen LogP contribution in [-0.4, -0.2) is 26.6 Å². The largest absolute Gasteiger partial charge is 0.306 e. The highest BCUT2D eigenvalue weighted by atomic mass is 32.2. The molecular weight excluding hydrogens is 336 g/mol. The van der Waals surface area contributed by atoms with Crippen molar-refractivity contribution < 1.29 is 18.4 Å². The Balaban J connectivity index is 4.65. The predicted molar refractivity (Wildman–Crippen MR) is 105 cm³/mol. The molecule has 0 saturated carbocycles. The van der Waals surface area contributed by atoms with Crippen LogP contribution in [-0.2, 0) is 20.7 Å². The minimum atomic E-state index is -1.92. The Morgan fingerprint density at radius 2 is 1.36 bits per heavy atom. The predicted octanol–water partition coefficient (Wildman–Crippen LogP) is 4.71. The molecule has 0 aromatic rings. The third kappa shape index (κ3) is 12.4. The van der Waals surface area contributed by atoms with E-state index in [1.807, 2.05) is 38.2 Å². The van der Waals surface area contributed by atoms with Crippen LogP contribution in [0, 0.1) is 0 Å². The van der Waals surface area contributed by atoms with Crippen molar-refractivity contribution in [2.45, 2.75) is 65.0 Å². The molecule has 0 aliphatic rings. The number of carbonyl (C=O) groups excluding carboxylic acids is 2. The zero-order valence-electron chi connectivity index (χ0n) is 15.7. The number of hydrogen-bond acceptors (Lipinski definition) is 3. The van der Waals surface area contributed by atoms with Gasteiger partial charge in [-0.05, 0) is 70.9 Å². The molecular formula is C20H30O4S. The molecule has 0 fully saturated rings. The molecule has 2 atom stereocenters. The number of allylic oxidation sites excluding steroid dienone is 7. The van der Waals surface area contributed by atoms with Crippen molar-refractivity contribution in [1.82, 2.24) is 0 Å². The summed E-state index contributed by atoms with van der Waals surface area (Å²) in [5.41, 5.74) is 3.60. The van der Waals surface area contributed by atoms with E-state index in [2.05, 4.69) is 0 Å². The van der Waals surface area contributed by atoms with E-state index in [1.165, 1.54) is 0 Å². The topological polar surface area (TPSA) is 71.4 Å². The number of aldehydes is 2. The summed E-state index contributed by atoms with van der Waals surface area (Å²) in [5.74, 6) is 0. The average Bonchev–Trinajstić information content (AvgIpc) is 2.57. The lowest BCUT2D eigenvalue weighted by Gasteiger charge is -2.09. The summed E-state index contributed by atoms with van der Waals surface area (Å²) in [6, 6.07) is 0. The summed E-state index contributed by atoms with van der Waals surface area (Å²) < 4.78 is 21.0. The summed E-state index contributed by atoms with van der Waals surface area (Å²) in [6.45, 7) is 7.46. The fourth-order valence-electron chi connectivity index (χ4n) is 2.18. The van der Waals surface area contributed by atoms with Crippen molar-refractivity contribution >= 4 is 23.7 Å². The molecule has 0 aliphatic carbocycles. The van der Waals surface area contributed by atoms with Crippen molar-refractivity contribution in [1.29, 1.82) is 0 Å². The lowest BCUT2D eigenvalue weighted by molar-refractivity contribution is -0.105. The van der Waals surface area contributed by atoms with Crippen LogP contribution in [0.15, 0.2) is 46.6 Å². The molecule has 4 nitrogen and oxygen atoms in total. The lowest BCUT2D eigenvalue weighted by atomic mass is 10.1. The fourth-order valence-corrected chi connectivity index (χ4v) is 2.79. The molecule has 0 aromatic carbocycles. The molecule has 0 radical (unpaired) electrons. The SMILES string of the molecule is CC(C=O)=CCCC(C)=CCC(C=C(C)CCC=C(C)C=O)S(=O)O. The van der Waals surface area contributed by atoms with Gasteiger partial charge in [-0.3, -0.25) is 9.59 Å². The zero-order chi connectivity index (χ0) is 19.2. The molecule has 0 spiro atoms. The summed E-state index contributed by atoms with van der Waals surface area (Å²) in [4.78, 5) is 21.1. The van der Waals surface area contributed by atoms with Crippen molar-refractivity contribution in [2.75, 3.05) is 0 Å². The molecule has 2 unspecified atom stereocenters. The first-order chi connectivity index (χ1) is 11.8. The highest BCUT2D eigenvalue weighted by Crippen LogP contribution is 2.15. The van der Waals surface area contributed by atoms with E-state index in [9.17, 15) is 18.4 Å². The minimum Gasteiger partial charge on any atom is -0.306 e. The smallest absolute Gasteiger partial charge is 0.160 e. The molecule has 0 heterocycles. The Kier molecular flexibility index (Phi) is 12.8. The van der Waals surface area contributed by atoms with Gasteiger partial charge in [-0.2, -0.15) is 0 Å². The maximum Gasteiger partial charge on any atom is 0.160 e. The van der Waals surface area contributed by atoms with E-state index in [0.717, 1.165) is 55.0 Å². The zero-order valence-corrected chi connectivity index (χ0v) is 16.5. The van der Waals surface area contributed by atoms with Crippen LogP contribution in [0.1, 0.15) is 59.8 Å². The van der Waals surface area contributed by atoms with Gasteiger partial charge >= 0.3 is 0 Å². The first-order valence-corrected chi connectivity index (χ1v) is 9.63. The Labute approximate surface area is 154 Å². The Hall–Kier alpha value is -1.59. The van der Waals surface area contributed by atoms with Gasteiger partial charge in [0.05, 0.1) is 5.25 Å². The summed E-state index contributed by atoms with van der Waals surface area (Å²) in [5, 5.41) is -0.432. The molecule has 0 saturated heterocycles. The third-order valence-electron chi connectivity index (χ3n) is 3.81. The van der Waals surface area contributed by atoms with Gasteiger partial charge in [-0.15, -0.1) is 0 Å². The van der Waals surface area contributed by atoms with Gasteiger partial charge in [0.25, 0.3) is 0 Å². The second-order valence-electron chi connectivity index (χ2n) is 6.32. The van der Waals surface area contributed by atoms with Crippen molar-refractivity contribution in [3.8, 4) is 0 Å². The number of carbonyl (C=O) groups is 2. The molecule has 0 aromatic heterocycles. The van der Waals surface area contributed by atoms with E-state index in [4.69, 9.17) is 0 Å². The van der Waals surface area contributed by atoms with Crippen LogP contribution in [0.5, 0.6) is 0 Å². The molecule has 140 valence electrons. The molecule has 0 rings (SSSR count). The highest BCUT2D eigenvalue weighted by Gasteiger charge is 2.11. The molecule has 0 amide bonds. The molecule has 1 N–H and O–H groups in total. The van der Waals surface area contributed by atoms with Gasteiger partial charge in [-0.1, -0.05) is 35.5 Å². The van der Waals surface area contributed by atoms with Crippen molar-refractivity contribution in [2.24, 2.45) is 0 Å². The van der Waals surface area contributed by atoms with Crippen LogP contribution < -0.4 is 0 Å². The Morgan fingerprint density at radius 1 is 0.880 bits per heavy atom. The van der Waals surface area contributed by atoms with Crippen LogP contribution in [0.2, 0.25) is 0 Å². The van der Waals surface area contributed by atoms with Crippen molar-refractivity contribution in [3.63, 3.8) is 0 Å². The van der Waals surface area contributed by atoms with Crippen LogP contribution in [0.25, 0.3) is 0 Å². The monoisotopic (exact) mass is 366 g/mol. The molecule has 0 aliphatic heterocycles. The minimum absolute atomic E-state index is 0.432. The second kappa shape index (κ2) is 13.7. The van der Waals surface area contributed by atoms with Gasteiger partial charge in [-0.25, -0.2) is 4.21 Å². The normalized spacial score (nSPS) is 16.5. The quantitative estimate of drug-likeness (QED) is 0.235. The van der Waals surface area contributed by atoms with E-state index < -0.39 is 16.3 Å². The number of rotatable bonds is 12. The standard InChI is InChI=1S/C20H30O4S/c1-16(7-5-9-18(3)14-21)11-12-20(25(23)24)13-17(2)8-6-10-19(4)15-22/h9-11,13-15,20H,5-8,12H2,1-4H3,(H,23,24). The third-order valence-corrected chi connectivity index (χ3v) is 4.66. The maximum absolute atomic E-state index is 11.5. The Bertz CT molecular complexity index is 583. The summed E-state index contributed by atoms with van der Waals surface area (Å²) in [7, 11) is 0. The van der Waals surface area contributed by atoms with Crippen LogP contribution in [0.4, 0.5) is 0 Å². The summed E-state index contributed by atoms with van der Waals surface area (Å²) >= 11 is -1.92. The van der Waals surface area contributed by atoms with E-state index in [-0.39, 0.29) is 0 Å². The van der Waals surface area contributed by atoms with Gasteiger partial charge in [0.2, 0.25) is 0 Å². The molecule has 5 heteroatoms. The van der Waals surface area contributed by atoms with Gasteiger partial charge in [0.1, 0.15) is 12.6 Å². The Morgan fingerprint density at radius 3 is 1.80 bits per heavy atom. The van der Waals surface area contributed by atoms with E-state index in [0.29, 0.717) is 12.0 Å². The van der Waals surface area contributed by atoms with E-state index in [1.54, 1.807) is 13.8 Å². The molecule has 25 heavy (non-hydrogen) atoms. The first kappa shape index (κ1) is 23.4. The maximum atomic E-state index is 11.5. The van der Waals surface area contributed by atoms with Crippen LogP contribution in [0.3, 0.4) is 0 Å². The highest BCUT2D eigenvalue weighted by molar-refractivity contribution is 7.80. The fraction of sp³-hybridized carbons (Fsp3) is 0.500. The average molecular weight is 367 g/mol.